The van der Waals surface area contributed by atoms with Gasteiger partial charge in [-0.25, -0.2) is 0 Å². The number of halogens is 1. The molecule has 0 amide bonds. The minimum absolute atomic E-state index is 0.146. The van der Waals surface area contributed by atoms with Crippen molar-refractivity contribution in [3.8, 4) is 5.75 Å². The van der Waals surface area contributed by atoms with Crippen molar-refractivity contribution >= 4 is 15.9 Å². The molecule has 4 N–H and O–H groups in total. The van der Waals surface area contributed by atoms with Gasteiger partial charge < -0.3 is 15.9 Å². The third-order valence-electron chi connectivity index (χ3n) is 2.22. The predicted octanol–water partition coefficient (Wildman–Crippen LogP) is 1.84. The summed E-state index contributed by atoms with van der Waals surface area (Å²) in [5.41, 5.74) is 7.07. The molecule has 0 spiro atoms. The van der Waals surface area contributed by atoms with E-state index in [0.717, 1.165) is 5.56 Å². The number of hydrogen-bond donors (Lipinski definition) is 3. The monoisotopic (exact) mass is 259 g/mol. The third kappa shape index (κ3) is 2.08. The van der Waals surface area contributed by atoms with Gasteiger partial charge in [0.2, 0.25) is 0 Å². The molecule has 1 rings (SSSR count). The molecule has 0 saturated heterocycles. The molecule has 0 radical (unpaired) electrons. The topological polar surface area (TPSA) is 66.5 Å². The largest absolute Gasteiger partial charge is 0.507 e. The first-order valence-electron chi connectivity index (χ1n) is 4.36. The minimum atomic E-state index is -0.695. The van der Waals surface area contributed by atoms with Crippen LogP contribution in [-0.2, 0) is 0 Å². The quantitative estimate of drug-likeness (QED) is 0.760. The highest BCUT2D eigenvalue weighted by molar-refractivity contribution is 9.10. The van der Waals surface area contributed by atoms with Gasteiger partial charge in [0.05, 0.1) is 12.1 Å². The predicted molar refractivity (Wildman–Crippen MR) is 59.2 cm³/mol. The number of aliphatic hydroxyl groups is 1. The Labute approximate surface area is 91.7 Å². The Balaban J connectivity index is 3.25. The van der Waals surface area contributed by atoms with Gasteiger partial charge in [0.1, 0.15) is 5.75 Å². The number of nitrogens with two attached hydrogens (primary N) is 1. The van der Waals surface area contributed by atoms with E-state index in [1.165, 1.54) is 0 Å². The van der Waals surface area contributed by atoms with Gasteiger partial charge in [-0.2, -0.15) is 0 Å². The Morgan fingerprint density at radius 3 is 2.50 bits per heavy atom. The van der Waals surface area contributed by atoms with Gasteiger partial charge >= 0.3 is 0 Å². The standard InChI is InChI=1S/C10H14BrNO2/c1-5-3-4-7(11)8(10(5)14)9(12)6(2)13/h3-4,6,9,13-14H,12H2,1-2H3/t6-,9-/m1/s1. The Hall–Kier alpha value is -0.580. The van der Waals surface area contributed by atoms with E-state index in [4.69, 9.17) is 5.73 Å². The summed E-state index contributed by atoms with van der Waals surface area (Å²) >= 11 is 3.30. The average molecular weight is 260 g/mol. The molecule has 0 aliphatic heterocycles. The van der Waals surface area contributed by atoms with E-state index in [1.807, 2.05) is 6.07 Å². The molecule has 0 aliphatic carbocycles. The molecule has 0 fully saturated rings. The zero-order valence-corrected chi connectivity index (χ0v) is 9.75. The van der Waals surface area contributed by atoms with E-state index < -0.39 is 12.1 Å². The molecule has 0 aliphatic rings. The van der Waals surface area contributed by atoms with Crippen LogP contribution in [0.25, 0.3) is 0 Å². The second-order valence-corrected chi connectivity index (χ2v) is 4.25. The molecular formula is C10H14BrNO2. The molecule has 0 heterocycles. The van der Waals surface area contributed by atoms with Crippen LogP contribution in [0, 0.1) is 6.92 Å². The maximum Gasteiger partial charge on any atom is 0.124 e. The van der Waals surface area contributed by atoms with Gasteiger partial charge in [-0.1, -0.05) is 22.0 Å². The Morgan fingerprint density at radius 1 is 1.43 bits per heavy atom. The number of hydrogen-bond acceptors (Lipinski definition) is 3. The van der Waals surface area contributed by atoms with E-state index in [2.05, 4.69) is 15.9 Å². The summed E-state index contributed by atoms with van der Waals surface area (Å²) in [5, 5.41) is 19.1. The smallest absolute Gasteiger partial charge is 0.124 e. The molecular weight excluding hydrogens is 246 g/mol. The second kappa shape index (κ2) is 4.29. The van der Waals surface area contributed by atoms with Crippen LogP contribution in [-0.4, -0.2) is 16.3 Å². The third-order valence-corrected chi connectivity index (χ3v) is 2.91. The summed E-state index contributed by atoms with van der Waals surface area (Å²) in [5.74, 6) is 0.146. The lowest BCUT2D eigenvalue weighted by Crippen LogP contribution is -2.23. The van der Waals surface area contributed by atoms with Crippen LogP contribution in [0.4, 0.5) is 0 Å². The zero-order chi connectivity index (χ0) is 10.9. The molecule has 2 atom stereocenters. The fourth-order valence-electron chi connectivity index (χ4n) is 1.25. The van der Waals surface area contributed by atoms with Crippen molar-refractivity contribution in [2.75, 3.05) is 0 Å². The van der Waals surface area contributed by atoms with Crippen LogP contribution >= 0.6 is 15.9 Å². The van der Waals surface area contributed by atoms with Gasteiger partial charge in [-0.3, -0.25) is 0 Å². The Morgan fingerprint density at radius 2 is 2.00 bits per heavy atom. The first kappa shape index (κ1) is 11.5. The van der Waals surface area contributed by atoms with Gasteiger partial charge in [-0.05, 0) is 25.5 Å². The van der Waals surface area contributed by atoms with E-state index in [1.54, 1.807) is 19.9 Å². The van der Waals surface area contributed by atoms with Crippen LogP contribution in [0.15, 0.2) is 16.6 Å². The molecule has 0 bridgehead atoms. The van der Waals surface area contributed by atoms with Gasteiger partial charge in [0.25, 0.3) is 0 Å². The van der Waals surface area contributed by atoms with Gasteiger partial charge in [0.15, 0.2) is 0 Å². The van der Waals surface area contributed by atoms with Crippen molar-refractivity contribution in [2.24, 2.45) is 5.73 Å². The number of aryl methyl sites for hydroxylation is 1. The number of benzene rings is 1. The van der Waals surface area contributed by atoms with Crippen molar-refractivity contribution in [1.82, 2.24) is 0 Å². The zero-order valence-electron chi connectivity index (χ0n) is 8.16. The Bertz CT molecular complexity index is 339. The first-order valence-corrected chi connectivity index (χ1v) is 5.16. The number of rotatable bonds is 2. The summed E-state index contributed by atoms with van der Waals surface area (Å²) in [7, 11) is 0. The van der Waals surface area contributed by atoms with Crippen LogP contribution in [0.3, 0.4) is 0 Å². The SMILES string of the molecule is Cc1ccc(Br)c([C@H](N)[C@@H](C)O)c1O. The van der Waals surface area contributed by atoms with Crippen LogP contribution in [0.2, 0.25) is 0 Å². The van der Waals surface area contributed by atoms with Crippen molar-refractivity contribution in [1.29, 1.82) is 0 Å². The van der Waals surface area contributed by atoms with E-state index in [-0.39, 0.29) is 5.75 Å². The summed E-state index contributed by atoms with van der Waals surface area (Å²) in [6.07, 6.45) is -0.695. The minimum Gasteiger partial charge on any atom is -0.507 e. The summed E-state index contributed by atoms with van der Waals surface area (Å²) in [4.78, 5) is 0. The van der Waals surface area contributed by atoms with Crippen molar-refractivity contribution < 1.29 is 10.2 Å². The van der Waals surface area contributed by atoms with E-state index in [9.17, 15) is 10.2 Å². The van der Waals surface area contributed by atoms with Crippen molar-refractivity contribution in [3.63, 3.8) is 0 Å². The Kier molecular flexibility index (Phi) is 3.53. The summed E-state index contributed by atoms with van der Waals surface area (Å²) in [6.45, 7) is 3.39. The lowest BCUT2D eigenvalue weighted by molar-refractivity contribution is 0.162. The highest BCUT2D eigenvalue weighted by atomic mass is 79.9. The maximum absolute atomic E-state index is 9.78. The lowest BCUT2D eigenvalue weighted by Gasteiger charge is -2.19. The number of aliphatic hydroxyl groups excluding tert-OH is 1. The van der Waals surface area contributed by atoms with Crippen molar-refractivity contribution in [2.45, 2.75) is 26.0 Å². The number of aromatic hydroxyl groups is 1. The number of phenols is 1. The molecule has 0 unspecified atom stereocenters. The molecule has 0 saturated carbocycles. The van der Waals surface area contributed by atoms with Gasteiger partial charge in [0, 0.05) is 10.0 Å². The molecule has 78 valence electrons. The molecule has 1 aromatic carbocycles. The summed E-state index contributed by atoms with van der Waals surface area (Å²) < 4.78 is 0.717. The van der Waals surface area contributed by atoms with Crippen LogP contribution < -0.4 is 5.73 Å². The first-order chi connectivity index (χ1) is 6.45. The second-order valence-electron chi connectivity index (χ2n) is 3.39. The summed E-state index contributed by atoms with van der Waals surface area (Å²) in [6, 6.07) is 3.02. The van der Waals surface area contributed by atoms with Crippen LogP contribution in [0.5, 0.6) is 5.75 Å². The highest BCUT2D eigenvalue weighted by Crippen LogP contribution is 2.34. The molecule has 14 heavy (non-hydrogen) atoms. The van der Waals surface area contributed by atoms with E-state index >= 15 is 0 Å². The molecule has 0 aromatic heterocycles. The molecule has 1 aromatic rings. The average Bonchev–Trinajstić information content (AvgIpc) is 2.12. The van der Waals surface area contributed by atoms with Gasteiger partial charge in [-0.15, -0.1) is 0 Å². The molecule has 4 heteroatoms. The fourth-order valence-corrected chi connectivity index (χ4v) is 1.83. The lowest BCUT2D eigenvalue weighted by atomic mass is 10.00. The maximum atomic E-state index is 9.78. The highest BCUT2D eigenvalue weighted by Gasteiger charge is 2.19. The molecule has 3 nitrogen and oxygen atoms in total. The fraction of sp³-hybridized carbons (Fsp3) is 0.400. The van der Waals surface area contributed by atoms with E-state index in [0.29, 0.717) is 10.0 Å². The van der Waals surface area contributed by atoms with Crippen LogP contribution in [0.1, 0.15) is 24.1 Å². The normalized spacial score (nSPS) is 15.2. The van der Waals surface area contributed by atoms with Crippen molar-refractivity contribution in [3.05, 3.63) is 27.7 Å². The number of phenolic OH excluding ortho intramolecular Hbond substituents is 1.